The fraction of sp³-hybridized carbons (Fsp3) is 0.538. The Kier molecular flexibility index (Phi) is 5.43. The predicted octanol–water partition coefficient (Wildman–Crippen LogP) is 1.51. The molecule has 0 amide bonds. The number of nitro benzene ring substituents is 1. The van der Waals surface area contributed by atoms with E-state index in [1.165, 1.54) is 6.07 Å². The Morgan fingerprint density at radius 2 is 1.90 bits per heavy atom. The second-order valence-corrected chi connectivity index (χ2v) is 7.01. The second kappa shape index (κ2) is 6.50. The van der Waals surface area contributed by atoms with E-state index in [2.05, 4.69) is 4.72 Å². The molecule has 21 heavy (non-hydrogen) atoms. The number of nitro groups is 1. The molecule has 7 nitrogen and oxygen atoms in total. The van der Waals surface area contributed by atoms with Crippen LogP contribution in [0.5, 0.6) is 0 Å². The van der Waals surface area contributed by atoms with Crippen molar-refractivity contribution < 1.29 is 18.4 Å². The van der Waals surface area contributed by atoms with E-state index >= 15 is 0 Å². The van der Waals surface area contributed by atoms with Gasteiger partial charge in [-0.15, -0.1) is 0 Å². The molecule has 1 unspecified atom stereocenters. The van der Waals surface area contributed by atoms with E-state index in [-0.39, 0.29) is 23.1 Å². The van der Waals surface area contributed by atoms with Gasteiger partial charge >= 0.3 is 0 Å². The summed E-state index contributed by atoms with van der Waals surface area (Å²) >= 11 is 0. The van der Waals surface area contributed by atoms with Crippen LogP contribution in [0.3, 0.4) is 0 Å². The molecular weight excluding hydrogens is 296 g/mol. The number of hydrogen-bond acceptors (Lipinski definition) is 5. The summed E-state index contributed by atoms with van der Waals surface area (Å²) < 4.78 is 27.0. The lowest BCUT2D eigenvalue weighted by atomic mass is 10.1. The van der Waals surface area contributed by atoms with Crippen molar-refractivity contribution in [2.24, 2.45) is 5.92 Å². The minimum atomic E-state index is -3.93. The van der Waals surface area contributed by atoms with Crippen molar-refractivity contribution in [1.82, 2.24) is 4.72 Å². The lowest BCUT2D eigenvalue weighted by Crippen LogP contribution is -2.41. The summed E-state index contributed by atoms with van der Waals surface area (Å²) in [6.45, 7) is 6.39. The van der Waals surface area contributed by atoms with Crippen LogP contribution < -0.4 is 4.72 Å². The van der Waals surface area contributed by atoms with Crippen LogP contribution in [0, 0.1) is 29.9 Å². The highest BCUT2D eigenvalue weighted by Crippen LogP contribution is 2.26. The molecule has 1 rings (SSSR count). The van der Waals surface area contributed by atoms with E-state index in [0.29, 0.717) is 11.1 Å². The van der Waals surface area contributed by atoms with E-state index in [1.54, 1.807) is 27.7 Å². The third-order valence-electron chi connectivity index (χ3n) is 3.43. The Balaban J connectivity index is 3.29. The smallest absolute Gasteiger partial charge is 0.273 e. The van der Waals surface area contributed by atoms with Crippen LogP contribution in [-0.4, -0.2) is 31.1 Å². The summed E-state index contributed by atoms with van der Waals surface area (Å²) in [6, 6.07) is 1.79. The van der Waals surface area contributed by atoms with Gasteiger partial charge in [0.1, 0.15) is 0 Å². The van der Waals surface area contributed by atoms with Crippen molar-refractivity contribution in [1.29, 1.82) is 0 Å². The van der Waals surface area contributed by atoms with Crippen LogP contribution in [0.2, 0.25) is 0 Å². The van der Waals surface area contributed by atoms with Gasteiger partial charge in [0.05, 0.1) is 16.4 Å². The lowest BCUT2D eigenvalue weighted by molar-refractivity contribution is -0.385. The van der Waals surface area contributed by atoms with Gasteiger partial charge in [-0.2, -0.15) is 0 Å². The number of aliphatic hydroxyl groups is 1. The van der Waals surface area contributed by atoms with Crippen molar-refractivity contribution in [2.75, 3.05) is 6.61 Å². The average molecular weight is 316 g/mol. The number of aliphatic hydroxyl groups excluding tert-OH is 1. The number of aryl methyl sites for hydroxylation is 1. The lowest BCUT2D eigenvalue weighted by Gasteiger charge is -2.20. The normalized spacial score (nSPS) is 13.4. The first-order chi connectivity index (χ1) is 9.60. The number of hydrogen-bond donors (Lipinski definition) is 2. The van der Waals surface area contributed by atoms with Gasteiger partial charge in [0, 0.05) is 17.7 Å². The molecule has 1 aromatic rings. The topological polar surface area (TPSA) is 110 Å². The van der Waals surface area contributed by atoms with Crippen molar-refractivity contribution in [3.05, 3.63) is 33.4 Å². The maximum absolute atomic E-state index is 12.3. The summed E-state index contributed by atoms with van der Waals surface area (Å²) in [5, 5.41) is 20.2. The minimum Gasteiger partial charge on any atom is -0.395 e. The third kappa shape index (κ3) is 3.99. The van der Waals surface area contributed by atoms with Crippen LogP contribution >= 0.6 is 0 Å². The Bertz CT molecular complexity index is 640. The summed E-state index contributed by atoms with van der Waals surface area (Å²) in [7, 11) is -3.93. The highest BCUT2D eigenvalue weighted by atomic mass is 32.2. The second-order valence-electron chi connectivity index (χ2n) is 5.30. The molecule has 118 valence electrons. The molecule has 1 aromatic carbocycles. The molecule has 0 aliphatic rings. The number of sulfonamides is 1. The van der Waals surface area contributed by atoms with Gasteiger partial charge in [0.2, 0.25) is 10.0 Å². The zero-order valence-corrected chi connectivity index (χ0v) is 13.3. The molecule has 0 saturated carbocycles. The van der Waals surface area contributed by atoms with Gasteiger partial charge in [0.15, 0.2) is 0 Å². The number of nitrogens with zero attached hydrogens (tertiary/aromatic N) is 1. The first-order valence-corrected chi connectivity index (χ1v) is 7.97. The molecule has 0 bridgehead atoms. The third-order valence-corrected chi connectivity index (χ3v) is 4.90. The van der Waals surface area contributed by atoms with Crippen LogP contribution in [-0.2, 0) is 10.0 Å². The molecule has 0 aliphatic carbocycles. The molecule has 8 heteroatoms. The molecule has 0 saturated heterocycles. The first-order valence-electron chi connectivity index (χ1n) is 6.49. The summed E-state index contributed by atoms with van der Waals surface area (Å²) in [5.74, 6) is -0.105. The van der Waals surface area contributed by atoms with Crippen LogP contribution in [0.15, 0.2) is 17.0 Å². The Morgan fingerprint density at radius 1 is 1.33 bits per heavy atom. The first kappa shape index (κ1) is 17.5. The van der Waals surface area contributed by atoms with Crippen LogP contribution in [0.4, 0.5) is 5.69 Å². The summed E-state index contributed by atoms with van der Waals surface area (Å²) in [5.41, 5.74) is 0.719. The van der Waals surface area contributed by atoms with Gasteiger partial charge in [-0.3, -0.25) is 10.1 Å². The molecule has 0 aromatic heterocycles. The Hall–Kier alpha value is -1.51. The van der Waals surface area contributed by atoms with E-state index in [0.717, 1.165) is 6.07 Å². The number of nitrogens with one attached hydrogen (secondary N) is 1. The van der Waals surface area contributed by atoms with Gasteiger partial charge in [0.25, 0.3) is 5.69 Å². The van der Waals surface area contributed by atoms with Crippen molar-refractivity contribution >= 4 is 15.7 Å². The van der Waals surface area contributed by atoms with Gasteiger partial charge < -0.3 is 5.11 Å². The molecular formula is C13H20N2O5S. The van der Waals surface area contributed by atoms with Crippen molar-refractivity contribution in [3.8, 4) is 0 Å². The fourth-order valence-electron chi connectivity index (χ4n) is 1.80. The molecule has 2 N–H and O–H groups in total. The van der Waals surface area contributed by atoms with Crippen LogP contribution in [0.1, 0.15) is 25.0 Å². The van der Waals surface area contributed by atoms with Gasteiger partial charge in [-0.05, 0) is 31.4 Å². The van der Waals surface area contributed by atoms with E-state index in [1.807, 2.05) is 0 Å². The highest BCUT2D eigenvalue weighted by Gasteiger charge is 2.25. The zero-order chi connectivity index (χ0) is 16.4. The SMILES string of the molecule is Cc1cc(S(=O)(=O)NC(CO)C(C)C)cc([N+](=O)[O-])c1C. The standard InChI is InChI=1S/C13H20N2O5S/c1-8(2)12(7-16)14-21(19,20)11-5-9(3)10(4)13(6-11)15(17)18/h5-6,8,12,14,16H,7H2,1-4H3. The summed E-state index contributed by atoms with van der Waals surface area (Å²) in [6.07, 6.45) is 0. The van der Waals surface area contributed by atoms with Crippen LogP contribution in [0.25, 0.3) is 0 Å². The maximum Gasteiger partial charge on any atom is 0.273 e. The predicted molar refractivity (Wildman–Crippen MR) is 78.6 cm³/mol. The monoisotopic (exact) mass is 316 g/mol. The zero-order valence-electron chi connectivity index (χ0n) is 12.5. The Labute approximate surface area is 124 Å². The van der Waals surface area contributed by atoms with E-state index < -0.39 is 21.0 Å². The maximum atomic E-state index is 12.3. The largest absolute Gasteiger partial charge is 0.395 e. The molecule has 1 atom stereocenters. The average Bonchev–Trinajstić information content (AvgIpc) is 2.38. The minimum absolute atomic E-state index is 0.105. The van der Waals surface area contributed by atoms with Crippen molar-refractivity contribution in [2.45, 2.75) is 38.6 Å². The fourth-order valence-corrected chi connectivity index (χ4v) is 3.28. The Morgan fingerprint density at radius 3 is 2.33 bits per heavy atom. The number of benzene rings is 1. The molecule has 0 spiro atoms. The van der Waals surface area contributed by atoms with E-state index in [9.17, 15) is 23.6 Å². The van der Waals surface area contributed by atoms with Gasteiger partial charge in [-0.1, -0.05) is 13.8 Å². The molecule has 0 radical (unpaired) electrons. The molecule has 0 aliphatic heterocycles. The quantitative estimate of drug-likeness (QED) is 0.610. The number of rotatable bonds is 6. The molecule has 0 fully saturated rings. The van der Waals surface area contributed by atoms with Crippen molar-refractivity contribution in [3.63, 3.8) is 0 Å². The van der Waals surface area contributed by atoms with E-state index in [4.69, 9.17) is 0 Å². The summed E-state index contributed by atoms with van der Waals surface area (Å²) in [4.78, 5) is 10.2. The molecule has 0 heterocycles. The highest BCUT2D eigenvalue weighted by molar-refractivity contribution is 7.89. The van der Waals surface area contributed by atoms with Gasteiger partial charge in [-0.25, -0.2) is 13.1 Å².